The van der Waals surface area contributed by atoms with Crippen LogP contribution in [0.1, 0.15) is 36.4 Å². The van der Waals surface area contributed by atoms with Gasteiger partial charge in [0.15, 0.2) is 0 Å². The van der Waals surface area contributed by atoms with E-state index in [1.165, 1.54) is 17.1 Å². The van der Waals surface area contributed by atoms with Crippen molar-refractivity contribution in [1.29, 1.82) is 0 Å². The van der Waals surface area contributed by atoms with Crippen LogP contribution in [0.3, 0.4) is 0 Å². The number of nitrogens with zero attached hydrogens (tertiary/aromatic N) is 4. The summed E-state index contributed by atoms with van der Waals surface area (Å²) < 4.78 is 18.9. The summed E-state index contributed by atoms with van der Waals surface area (Å²) in [5, 5.41) is 6.21. The zero-order chi connectivity index (χ0) is 24.2. The van der Waals surface area contributed by atoms with Gasteiger partial charge in [0.25, 0.3) is 5.91 Å². The molecule has 3 aliphatic rings. The first-order valence-corrected chi connectivity index (χ1v) is 12.4. The fourth-order valence-electron chi connectivity index (χ4n) is 4.67. The summed E-state index contributed by atoms with van der Waals surface area (Å²) in [6, 6.07) is 15.7. The van der Waals surface area contributed by atoms with Gasteiger partial charge in [0.05, 0.1) is 25.0 Å². The topological polar surface area (TPSA) is 65.5 Å². The molecule has 2 amide bonds. The predicted octanol–water partition coefficient (Wildman–Crippen LogP) is 3.07. The molecule has 1 aliphatic carbocycles. The molecule has 7 nitrogen and oxygen atoms in total. The van der Waals surface area contributed by atoms with E-state index in [1.807, 2.05) is 30.3 Å². The number of hydrogen-bond donors (Lipinski definition) is 0. The van der Waals surface area contributed by atoms with E-state index in [0.717, 1.165) is 49.3 Å². The monoisotopic (exact) mass is 478 g/mol. The molecule has 1 saturated carbocycles. The summed E-state index contributed by atoms with van der Waals surface area (Å²) in [5.74, 6) is -0.416. The second-order valence-electron chi connectivity index (χ2n) is 9.41. The molecule has 0 aromatic heterocycles. The lowest BCUT2D eigenvalue weighted by molar-refractivity contribution is -0.142. The van der Waals surface area contributed by atoms with Crippen molar-refractivity contribution >= 4 is 17.5 Å². The van der Waals surface area contributed by atoms with Crippen molar-refractivity contribution in [3.63, 3.8) is 0 Å². The van der Waals surface area contributed by atoms with E-state index in [1.54, 1.807) is 17.0 Å². The highest BCUT2D eigenvalue weighted by Crippen LogP contribution is 2.34. The molecule has 0 bridgehead atoms. The standard InChI is InChI=1S/C27H31FN4O3/c28-23-10-8-20(9-11-23)24-18-25(21-4-2-1-3-5-21)32(29-24)26(33)19-31(27(34)22-6-7-22)13-12-30-14-16-35-17-15-30/h1-5,8-11,22,25H,6-7,12-19H2. The van der Waals surface area contributed by atoms with Crippen LogP contribution in [0.5, 0.6) is 0 Å². The van der Waals surface area contributed by atoms with Gasteiger partial charge in [0.1, 0.15) is 12.4 Å². The Morgan fingerprint density at radius 2 is 1.74 bits per heavy atom. The van der Waals surface area contributed by atoms with Crippen molar-refractivity contribution in [1.82, 2.24) is 14.8 Å². The molecule has 2 aromatic rings. The Labute approximate surface area is 205 Å². The smallest absolute Gasteiger partial charge is 0.262 e. The molecule has 0 radical (unpaired) electrons. The molecule has 1 unspecified atom stereocenters. The second kappa shape index (κ2) is 10.7. The first-order valence-electron chi connectivity index (χ1n) is 12.4. The summed E-state index contributed by atoms with van der Waals surface area (Å²) in [6.07, 6.45) is 2.32. The van der Waals surface area contributed by atoms with Gasteiger partial charge in [-0.2, -0.15) is 5.10 Å². The highest BCUT2D eigenvalue weighted by molar-refractivity contribution is 6.03. The van der Waals surface area contributed by atoms with E-state index < -0.39 is 0 Å². The van der Waals surface area contributed by atoms with E-state index >= 15 is 0 Å². The van der Waals surface area contributed by atoms with Gasteiger partial charge < -0.3 is 9.64 Å². The van der Waals surface area contributed by atoms with E-state index in [0.29, 0.717) is 26.2 Å². The number of carbonyl (C=O) groups is 2. The van der Waals surface area contributed by atoms with Crippen molar-refractivity contribution in [3.05, 3.63) is 71.5 Å². The number of halogens is 1. The predicted molar refractivity (Wildman–Crippen MR) is 130 cm³/mol. The first-order chi connectivity index (χ1) is 17.1. The number of morpholine rings is 1. The molecule has 0 N–H and O–H groups in total. The third-order valence-corrected chi connectivity index (χ3v) is 6.88. The third-order valence-electron chi connectivity index (χ3n) is 6.88. The molecule has 1 atom stereocenters. The molecule has 2 aromatic carbocycles. The minimum Gasteiger partial charge on any atom is -0.379 e. The van der Waals surface area contributed by atoms with Crippen LogP contribution in [0.25, 0.3) is 0 Å². The number of rotatable bonds is 8. The number of carbonyl (C=O) groups excluding carboxylic acids is 2. The highest BCUT2D eigenvalue weighted by Gasteiger charge is 2.37. The van der Waals surface area contributed by atoms with Crippen LogP contribution in [0.4, 0.5) is 4.39 Å². The normalized spacial score (nSPS) is 20.5. The largest absolute Gasteiger partial charge is 0.379 e. The average molecular weight is 479 g/mol. The van der Waals surface area contributed by atoms with E-state index in [2.05, 4.69) is 10.0 Å². The number of hydrogen-bond acceptors (Lipinski definition) is 5. The number of ether oxygens (including phenoxy) is 1. The van der Waals surface area contributed by atoms with Crippen molar-refractivity contribution in [2.45, 2.75) is 25.3 Å². The lowest BCUT2D eigenvalue weighted by atomic mass is 9.98. The SMILES string of the molecule is O=C(C1CC1)N(CCN1CCOCC1)CC(=O)N1N=C(c2ccc(F)cc2)CC1c1ccccc1. The van der Waals surface area contributed by atoms with E-state index in [4.69, 9.17) is 4.74 Å². The Hall–Kier alpha value is -3.10. The fourth-order valence-corrected chi connectivity index (χ4v) is 4.67. The van der Waals surface area contributed by atoms with E-state index in [9.17, 15) is 14.0 Å². The Kier molecular flexibility index (Phi) is 7.20. The summed E-state index contributed by atoms with van der Waals surface area (Å²) in [7, 11) is 0. The zero-order valence-corrected chi connectivity index (χ0v) is 19.8. The molecule has 8 heteroatoms. The van der Waals surface area contributed by atoms with Crippen molar-refractivity contribution < 1.29 is 18.7 Å². The Morgan fingerprint density at radius 3 is 2.43 bits per heavy atom. The second-order valence-corrected chi connectivity index (χ2v) is 9.41. The molecule has 2 fully saturated rings. The maximum Gasteiger partial charge on any atom is 0.262 e. The molecule has 184 valence electrons. The third kappa shape index (κ3) is 5.77. The van der Waals surface area contributed by atoms with Crippen molar-refractivity contribution in [2.24, 2.45) is 11.0 Å². The van der Waals surface area contributed by atoms with Gasteiger partial charge in [-0.15, -0.1) is 0 Å². The van der Waals surface area contributed by atoms with Crippen LogP contribution in [0.15, 0.2) is 59.7 Å². The summed E-state index contributed by atoms with van der Waals surface area (Å²) in [4.78, 5) is 30.6. The van der Waals surface area contributed by atoms with Crippen molar-refractivity contribution in [3.8, 4) is 0 Å². The van der Waals surface area contributed by atoms with Crippen molar-refractivity contribution in [2.75, 3.05) is 45.9 Å². The molecule has 1 saturated heterocycles. The van der Waals surface area contributed by atoms with Crippen LogP contribution in [0, 0.1) is 11.7 Å². The summed E-state index contributed by atoms with van der Waals surface area (Å²) in [6.45, 7) is 4.32. The minimum atomic E-state index is -0.311. The molecule has 2 heterocycles. The van der Waals surface area contributed by atoms with Gasteiger partial charge in [0.2, 0.25) is 5.91 Å². The Balaban J connectivity index is 1.34. The van der Waals surface area contributed by atoms with Gasteiger partial charge in [-0.3, -0.25) is 14.5 Å². The van der Waals surface area contributed by atoms with Crippen LogP contribution < -0.4 is 0 Å². The molecular weight excluding hydrogens is 447 g/mol. The lowest BCUT2D eigenvalue weighted by Crippen LogP contribution is -2.47. The van der Waals surface area contributed by atoms with Gasteiger partial charge in [0, 0.05) is 38.5 Å². The molecule has 0 spiro atoms. The Morgan fingerprint density at radius 1 is 1.03 bits per heavy atom. The quantitative estimate of drug-likeness (QED) is 0.585. The van der Waals surface area contributed by atoms with Gasteiger partial charge in [-0.1, -0.05) is 42.5 Å². The number of hydrazone groups is 1. The lowest BCUT2D eigenvalue weighted by Gasteiger charge is -2.31. The first kappa shape index (κ1) is 23.6. The maximum atomic E-state index is 13.6. The number of amides is 2. The molecular formula is C27H31FN4O3. The average Bonchev–Trinajstić information content (AvgIpc) is 3.65. The molecule has 2 aliphatic heterocycles. The van der Waals surface area contributed by atoms with E-state index in [-0.39, 0.29) is 36.1 Å². The van der Waals surface area contributed by atoms with Gasteiger partial charge >= 0.3 is 0 Å². The number of benzene rings is 2. The highest BCUT2D eigenvalue weighted by atomic mass is 19.1. The maximum absolute atomic E-state index is 13.6. The Bertz CT molecular complexity index is 1070. The van der Waals surface area contributed by atoms with Gasteiger partial charge in [-0.05, 0) is 36.1 Å². The molecule has 5 rings (SSSR count). The van der Waals surface area contributed by atoms with Crippen LogP contribution >= 0.6 is 0 Å². The summed E-state index contributed by atoms with van der Waals surface area (Å²) in [5.41, 5.74) is 2.51. The minimum absolute atomic E-state index is 0.00318. The van der Waals surface area contributed by atoms with Crippen LogP contribution in [-0.2, 0) is 14.3 Å². The van der Waals surface area contributed by atoms with Gasteiger partial charge in [-0.25, -0.2) is 9.40 Å². The molecule has 35 heavy (non-hydrogen) atoms. The van der Waals surface area contributed by atoms with Crippen LogP contribution in [0.2, 0.25) is 0 Å². The fraction of sp³-hybridized carbons (Fsp3) is 0.444. The zero-order valence-electron chi connectivity index (χ0n) is 19.8. The van der Waals surface area contributed by atoms with Crippen LogP contribution in [-0.4, -0.2) is 78.3 Å². The summed E-state index contributed by atoms with van der Waals surface area (Å²) >= 11 is 0.